The van der Waals surface area contributed by atoms with Crippen molar-refractivity contribution in [3.8, 4) is 5.75 Å². The van der Waals surface area contributed by atoms with Crippen LogP contribution in [-0.4, -0.2) is 40.4 Å². The molecule has 0 spiro atoms. The Hall–Kier alpha value is -3.19. The van der Waals surface area contributed by atoms with Crippen LogP contribution in [0, 0.1) is 5.92 Å². The minimum Gasteiger partial charge on any atom is -0.837 e. The van der Waals surface area contributed by atoms with Crippen molar-refractivity contribution in [1.29, 1.82) is 0 Å². The molecule has 3 aliphatic heterocycles. The number of hydrogen-bond donors (Lipinski definition) is 0. The van der Waals surface area contributed by atoms with Gasteiger partial charge in [0.2, 0.25) is 0 Å². The van der Waals surface area contributed by atoms with Crippen molar-refractivity contribution in [3.63, 3.8) is 0 Å². The van der Waals surface area contributed by atoms with E-state index < -0.39 is 5.60 Å². The normalized spacial score (nSPS) is 23.5. The molecule has 0 unspecified atom stereocenters. The Labute approximate surface area is 215 Å². The fourth-order valence-corrected chi connectivity index (χ4v) is 5.91. The van der Waals surface area contributed by atoms with Crippen LogP contribution in [-0.2, 0) is 12.1 Å². The zero-order valence-corrected chi connectivity index (χ0v) is 20.7. The third-order valence-corrected chi connectivity index (χ3v) is 8.01. The summed E-state index contributed by atoms with van der Waals surface area (Å²) in [7, 11) is 0. The van der Waals surface area contributed by atoms with E-state index in [0.717, 1.165) is 42.7 Å². The summed E-state index contributed by atoms with van der Waals surface area (Å²) >= 11 is 6.04. The zero-order chi connectivity index (χ0) is 24.6. The molecule has 3 aromatic carbocycles. The minimum atomic E-state index is -1.75. The van der Waals surface area contributed by atoms with Crippen molar-refractivity contribution in [2.24, 2.45) is 5.92 Å². The minimum absolute atomic E-state index is 0.128. The molecule has 0 amide bonds. The lowest BCUT2D eigenvalue weighted by molar-refractivity contribution is -0.959. The predicted molar refractivity (Wildman–Crippen MR) is 134 cm³/mol. The molecule has 7 rings (SSSR count). The van der Waals surface area contributed by atoms with Crippen LogP contribution in [0.3, 0.4) is 0 Å². The van der Waals surface area contributed by atoms with Gasteiger partial charge in [0.05, 0.1) is 13.1 Å². The van der Waals surface area contributed by atoms with Crippen molar-refractivity contribution in [2.45, 2.75) is 31.1 Å². The molecule has 0 N–H and O–H groups in total. The first-order valence-corrected chi connectivity index (χ1v) is 12.8. The van der Waals surface area contributed by atoms with Crippen LogP contribution in [0.15, 0.2) is 89.5 Å². The number of fused-ring (bicyclic) bond motifs is 3. The van der Waals surface area contributed by atoms with Crippen molar-refractivity contribution in [2.75, 3.05) is 19.6 Å². The van der Waals surface area contributed by atoms with Gasteiger partial charge in [-0.05, 0) is 35.4 Å². The number of halogens is 1. The van der Waals surface area contributed by atoms with Crippen molar-refractivity contribution < 1.29 is 18.8 Å². The second kappa shape index (κ2) is 9.36. The topological polar surface area (TPSA) is 71.2 Å². The third kappa shape index (κ3) is 4.30. The summed E-state index contributed by atoms with van der Waals surface area (Å²) in [4.78, 5) is 4.70. The number of quaternary nitrogens is 1. The Morgan fingerprint density at radius 2 is 1.53 bits per heavy atom. The van der Waals surface area contributed by atoms with Gasteiger partial charge in [0.15, 0.2) is 18.5 Å². The number of piperidine rings is 3. The third-order valence-electron chi connectivity index (χ3n) is 7.76. The molecule has 3 saturated heterocycles. The molecule has 6 nitrogen and oxygen atoms in total. The Bertz CT molecular complexity index is 1260. The summed E-state index contributed by atoms with van der Waals surface area (Å²) in [6.07, 6.45) is 2.32. The fourth-order valence-electron chi connectivity index (χ4n) is 5.78. The maximum Gasteiger partial charge on any atom is 0.281 e. The molecule has 4 aromatic rings. The summed E-state index contributed by atoms with van der Waals surface area (Å²) in [5.74, 6) is 2.04. The molecule has 1 atom stereocenters. The number of hydrogen-bond acceptors (Lipinski definition) is 5. The van der Waals surface area contributed by atoms with Gasteiger partial charge < -0.3 is 18.8 Å². The second-order valence-corrected chi connectivity index (χ2v) is 10.4. The molecule has 3 fully saturated rings. The molecule has 0 radical (unpaired) electrons. The first-order chi connectivity index (χ1) is 17.5. The molecule has 0 aliphatic carbocycles. The lowest BCUT2D eigenvalue weighted by Gasteiger charge is -2.51. The van der Waals surface area contributed by atoms with Crippen LogP contribution in [0.25, 0.3) is 0 Å². The smallest absolute Gasteiger partial charge is 0.281 e. The standard InChI is InChI=1S/C29H28ClN3O3/c30-24-11-13-25(14-12-24)35-26-19-33(17-15-21(26)16-18-33)20-27-31-28(32-36-27)29(34,22-7-3-1-4-8-22)23-9-5-2-6-10-23/h1-14,21,26H,15-20H2/t21?,26-,33?/m0/s1. The lowest BCUT2D eigenvalue weighted by atomic mass is 9.83. The van der Waals surface area contributed by atoms with E-state index >= 15 is 0 Å². The first kappa shape index (κ1) is 23.2. The fraction of sp³-hybridized carbons (Fsp3) is 0.310. The number of benzene rings is 3. The number of nitrogens with zero attached hydrogens (tertiary/aromatic N) is 3. The molecule has 184 valence electrons. The summed E-state index contributed by atoms with van der Waals surface area (Å²) in [6.45, 7) is 3.57. The monoisotopic (exact) mass is 501 g/mol. The van der Waals surface area contributed by atoms with E-state index in [4.69, 9.17) is 25.8 Å². The molecule has 36 heavy (non-hydrogen) atoms. The van der Waals surface area contributed by atoms with Crippen LogP contribution in [0.2, 0.25) is 5.02 Å². The summed E-state index contributed by atoms with van der Waals surface area (Å²) in [6, 6.07) is 26.1. The average molecular weight is 502 g/mol. The van der Waals surface area contributed by atoms with E-state index in [0.29, 0.717) is 34.5 Å². The Kier molecular flexibility index (Phi) is 6.04. The highest BCUT2D eigenvalue weighted by Gasteiger charge is 2.48. The van der Waals surface area contributed by atoms with Gasteiger partial charge in [-0.3, -0.25) is 0 Å². The summed E-state index contributed by atoms with van der Waals surface area (Å²) in [5.41, 5.74) is -0.573. The molecule has 1 aromatic heterocycles. The molecule has 2 bridgehead atoms. The van der Waals surface area contributed by atoms with Crippen LogP contribution < -0.4 is 9.84 Å². The maximum absolute atomic E-state index is 14.4. The van der Waals surface area contributed by atoms with Crippen molar-refractivity contribution >= 4 is 11.6 Å². The van der Waals surface area contributed by atoms with Crippen LogP contribution in [0.5, 0.6) is 5.75 Å². The van der Waals surface area contributed by atoms with E-state index in [1.54, 1.807) is 0 Å². The van der Waals surface area contributed by atoms with Gasteiger partial charge in [-0.25, -0.2) is 0 Å². The predicted octanol–water partition coefficient (Wildman–Crippen LogP) is 4.56. The van der Waals surface area contributed by atoms with Gasteiger partial charge in [0.1, 0.15) is 12.3 Å². The second-order valence-electron chi connectivity index (χ2n) is 10.0. The van der Waals surface area contributed by atoms with Gasteiger partial charge in [0.25, 0.3) is 5.89 Å². The molecule has 0 saturated carbocycles. The molecule has 3 aliphatic rings. The first-order valence-electron chi connectivity index (χ1n) is 12.5. The van der Waals surface area contributed by atoms with Crippen molar-refractivity contribution in [1.82, 2.24) is 10.1 Å². The molecule has 4 heterocycles. The molecule has 7 heteroatoms. The van der Waals surface area contributed by atoms with E-state index in [-0.39, 0.29) is 11.9 Å². The van der Waals surface area contributed by atoms with Gasteiger partial charge >= 0.3 is 0 Å². The maximum atomic E-state index is 14.4. The van der Waals surface area contributed by atoms with Crippen LogP contribution in [0.1, 0.15) is 35.7 Å². The number of rotatable bonds is 7. The largest absolute Gasteiger partial charge is 0.837 e. The molecular weight excluding hydrogens is 474 g/mol. The Morgan fingerprint density at radius 1 is 0.917 bits per heavy atom. The van der Waals surface area contributed by atoms with Crippen LogP contribution >= 0.6 is 11.6 Å². The molecular formula is C29H28ClN3O3. The van der Waals surface area contributed by atoms with Gasteiger partial charge in [-0.2, -0.15) is 4.98 Å². The van der Waals surface area contributed by atoms with Crippen LogP contribution in [0.4, 0.5) is 0 Å². The van der Waals surface area contributed by atoms with E-state index in [9.17, 15) is 5.11 Å². The summed E-state index contributed by atoms with van der Waals surface area (Å²) < 4.78 is 13.0. The zero-order valence-electron chi connectivity index (χ0n) is 19.9. The number of ether oxygens (including phenoxy) is 1. The van der Waals surface area contributed by atoms with Crippen molar-refractivity contribution in [3.05, 3.63) is 113 Å². The highest BCUT2D eigenvalue weighted by atomic mass is 35.5. The number of aromatic nitrogens is 2. The van der Waals surface area contributed by atoms with Gasteiger partial charge in [-0.1, -0.05) is 77.4 Å². The van der Waals surface area contributed by atoms with E-state index in [2.05, 4.69) is 5.16 Å². The average Bonchev–Trinajstić information content (AvgIpc) is 3.39. The highest BCUT2D eigenvalue weighted by molar-refractivity contribution is 6.30. The van der Waals surface area contributed by atoms with E-state index in [1.807, 2.05) is 84.9 Å². The van der Waals surface area contributed by atoms with Gasteiger partial charge in [0, 0.05) is 29.4 Å². The van der Waals surface area contributed by atoms with E-state index in [1.165, 1.54) is 0 Å². The SMILES string of the molecule is [O-]C(c1ccccc1)(c1ccccc1)c1noc(C[N+]23CCC(CC2)[C@@H](Oc2ccc(Cl)cc2)C3)n1. The highest BCUT2D eigenvalue weighted by Crippen LogP contribution is 2.38. The van der Waals surface area contributed by atoms with Gasteiger partial charge in [-0.15, -0.1) is 0 Å². The Balaban J connectivity index is 1.26. The lowest BCUT2D eigenvalue weighted by Crippen LogP contribution is -2.64. The Morgan fingerprint density at radius 3 is 2.14 bits per heavy atom. The summed E-state index contributed by atoms with van der Waals surface area (Å²) in [5, 5.41) is 19.4. The quantitative estimate of drug-likeness (QED) is 0.347.